The minimum absolute atomic E-state index is 0.0974. The normalized spacial score (nSPS) is 14.8. The molecule has 192 valence electrons. The molecule has 0 aromatic heterocycles. The quantitative estimate of drug-likeness (QED) is 0.187. The summed E-state index contributed by atoms with van der Waals surface area (Å²) in [5.74, 6) is 0. The molecule has 3 heteroatoms. The Morgan fingerprint density at radius 2 is 0.919 bits per heavy atom. The molecular weight excluding hydrogens is 600 g/mol. The van der Waals surface area contributed by atoms with Crippen LogP contribution in [-0.2, 0) is 10.8 Å². The standard InChI is InChI=1S/C16H15BrS.C16H15Br.C2H6/c1-16(2)14-8-10(17)4-6-12(14)13-7-5-11(18-3)9-15(13)16;1-10-4-6-12-13-7-5-11(17)9-15(13)16(2,3)14(12)8-10;1-2/h4-9H,1-3H3;4-9H,1-3H3;1-2H3. The number of fused-ring (bicyclic) bond motifs is 6. The van der Waals surface area contributed by atoms with Crippen LogP contribution in [0, 0.1) is 6.92 Å². The van der Waals surface area contributed by atoms with Crippen molar-refractivity contribution < 1.29 is 0 Å². The molecule has 4 aromatic rings. The molecular formula is C34H36Br2S. The van der Waals surface area contributed by atoms with Crippen LogP contribution < -0.4 is 0 Å². The molecule has 0 radical (unpaired) electrons. The second-order valence-corrected chi connectivity index (χ2v) is 13.3. The third-order valence-corrected chi connectivity index (χ3v) is 9.35. The molecule has 0 saturated carbocycles. The Balaban J connectivity index is 0.000000162. The van der Waals surface area contributed by atoms with Gasteiger partial charge in [-0.15, -0.1) is 11.8 Å². The number of aryl methyl sites for hydroxylation is 1. The molecule has 0 nitrogen and oxygen atoms in total. The predicted octanol–water partition coefficient (Wildman–Crippen LogP) is 11.6. The topological polar surface area (TPSA) is 0 Å². The highest BCUT2D eigenvalue weighted by molar-refractivity contribution is 9.10. The van der Waals surface area contributed by atoms with E-state index in [4.69, 9.17) is 0 Å². The van der Waals surface area contributed by atoms with Crippen LogP contribution in [0.15, 0.2) is 86.6 Å². The lowest BCUT2D eigenvalue weighted by Gasteiger charge is -2.22. The van der Waals surface area contributed by atoms with Gasteiger partial charge >= 0.3 is 0 Å². The summed E-state index contributed by atoms with van der Waals surface area (Å²) in [5.41, 5.74) is 12.8. The Labute approximate surface area is 244 Å². The maximum absolute atomic E-state index is 3.59. The van der Waals surface area contributed by atoms with E-state index in [0.29, 0.717) is 0 Å². The summed E-state index contributed by atoms with van der Waals surface area (Å²) in [6.45, 7) is 15.4. The molecule has 0 spiro atoms. The van der Waals surface area contributed by atoms with E-state index in [1.54, 1.807) is 0 Å². The molecule has 4 aromatic carbocycles. The molecule has 0 bridgehead atoms. The number of hydrogen-bond acceptors (Lipinski definition) is 1. The smallest absolute Gasteiger partial charge is 0.0178 e. The highest BCUT2D eigenvalue weighted by atomic mass is 79.9. The van der Waals surface area contributed by atoms with Crippen molar-refractivity contribution in [2.45, 2.75) is 64.2 Å². The molecule has 0 amide bonds. The number of halogens is 2. The summed E-state index contributed by atoms with van der Waals surface area (Å²) in [4.78, 5) is 1.34. The van der Waals surface area contributed by atoms with Crippen LogP contribution in [0.3, 0.4) is 0 Å². The Hall–Kier alpha value is -1.81. The van der Waals surface area contributed by atoms with Crippen molar-refractivity contribution in [3.05, 3.63) is 110 Å². The van der Waals surface area contributed by atoms with Crippen molar-refractivity contribution in [2.24, 2.45) is 0 Å². The van der Waals surface area contributed by atoms with Crippen molar-refractivity contribution >= 4 is 43.6 Å². The minimum atomic E-state index is 0.0974. The maximum Gasteiger partial charge on any atom is 0.0178 e. The summed E-state index contributed by atoms with van der Waals surface area (Å²) in [6.07, 6.45) is 2.13. The molecule has 2 aliphatic carbocycles. The molecule has 6 rings (SSSR count). The van der Waals surface area contributed by atoms with Crippen LogP contribution in [0.1, 0.15) is 69.4 Å². The van der Waals surface area contributed by atoms with Crippen molar-refractivity contribution in [3.63, 3.8) is 0 Å². The first-order chi connectivity index (χ1) is 17.5. The van der Waals surface area contributed by atoms with E-state index in [0.717, 1.165) is 8.95 Å². The van der Waals surface area contributed by atoms with E-state index in [2.05, 4.69) is 146 Å². The SMILES string of the molecule is CC.CSc1ccc2c(c1)C(C)(C)c1cc(Br)ccc1-2.Cc1ccc2c(c1)C(C)(C)c1cc(Br)ccc1-2. The summed E-state index contributed by atoms with van der Waals surface area (Å²) in [7, 11) is 0. The van der Waals surface area contributed by atoms with Gasteiger partial charge in [0.15, 0.2) is 0 Å². The number of rotatable bonds is 1. The van der Waals surface area contributed by atoms with Crippen LogP contribution in [0.5, 0.6) is 0 Å². The van der Waals surface area contributed by atoms with E-state index in [1.807, 2.05) is 25.6 Å². The molecule has 0 N–H and O–H groups in total. The predicted molar refractivity (Wildman–Crippen MR) is 171 cm³/mol. The molecule has 0 atom stereocenters. The Morgan fingerprint density at radius 1 is 0.541 bits per heavy atom. The molecule has 2 aliphatic rings. The average Bonchev–Trinajstić information content (AvgIpc) is 3.24. The number of hydrogen-bond donors (Lipinski definition) is 0. The van der Waals surface area contributed by atoms with E-state index in [1.165, 1.54) is 55.0 Å². The van der Waals surface area contributed by atoms with Gasteiger partial charge in [-0.05, 0) is 94.1 Å². The van der Waals surface area contributed by atoms with Gasteiger partial charge in [-0.25, -0.2) is 0 Å². The fourth-order valence-electron chi connectivity index (χ4n) is 5.64. The van der Waals surface area contributed by atoms with Crippen molar-refractivity contribution in [3.8, 4) is 22.3 Å². The second kappa shape index (κ2) is 10.8. The van der Waals surface area contributed by atoms with Gasteiger partial charge < -0.3 is 0 Å². The lowest BCUT2D eigenvalue weighted by molar-refractivity contribution is 0.658. The molecule has 0 heterocycles. The van der Waals surface area contributed by atoms with Gasteiger partial charge in [0.05, 0.1) is 0 Å². The van der Waals surface area contributed by atoms with Crippen molar-refractivity contribution in [2.75, 3.05) is 6.26 Å². The van der Waals surface area contributed by atoms with E-state index in [9.17, 15) is 0 Å². The lowest BCUT2D eigenvalue weighted by Crippen LogP contribution is -2.15. The van der Waals surface area contributed by atoms with Gasteiger partial charge in [-0.1, -0.05) is 115 Å². The Bertz CT molecular complexity index is 1410. The van der Waals surface area contributed by atoms with Gasteiger partial charge in [-0.3, -0.25) is 0 Å². The first-order valence-corrected chi connectivity index (χ1v) is 15.8. The monoisotopic (exact) mass is 634 g/mol. The summed E-state index contributed by atoms with van der Waals surface area (Å²) in [6, 6.07) is 26.8. The number of thioether (sulfide) groups is 1. The summed E-state index contributed by atoms with van der Waals surface area (Å²) in [5, 5.41) is 0. The fraction of sp³-hybridized carbons (Fsp3) is 0.294. The van der Waals surface area contributed by atoms with Crippen LogP contribution in [0.2, 0.25) is 0 Å². The number of benzene rings is 4. The fourth-order valence-corrected chi connectivity index (χ4v) is 6.80. The average molecular weight is 637 g/mol. The third-order valence-electron chi connectivity index (χ3n) is 7.64. The minimum Gasteiger partial charge on any atom is -0.130 e. The van der Waals surface area contributed by atoms with Crippen LogP contribution in [0.25, 0.3) is 22.3 Å². The second-order valence-electron chi connectivity index (χ2n) is 10.6. The van der Waals surface area contributed by atoms with E-state index < -0.39 is 0 Å². The third kappa shape index (κ3) is 5.00. The molecule has 37 heavy (non-hydrogen) atoms. The van der Waals surface area contributed by atoms with Crippen molar-refractivity contribution in [1.29, 1.82) is 0 Å². The van der Waals surface area contributed by atoms with Gasteiger partial charge in [0, 0.05) is 24.7 Å². The highest BCUT2D eigenvalue weighted by Gasteiger charge is 2.36. The van der Waals surface area contributed by atoms with E-state index in [-0.39, 0.29) is 10.8 Å². The molecule has 0 fully saturated rings. The van der Waals surface area contributed by atoms with Crippen LogP contribution in [-0.4, -0.2) is 6.26 Å². The Morgan fingerprint density at radius 3 is 1.38 bits per heavy atom. The molecule has 0 aliphatic heterocycles. The van der Waals surface area contributed by atoms with Crippen molar-refractivity contribution in [1.82, 2.24) is 0 Å². The summed E-state index contributed by atoms with van der Waals surface area (Å²) >= 11 is 8.97. The zero-order chi connectivity index (χ0) is 27.1. The largest absolute Gasteiger partial charge is 0.130 e. The van der Waals surface area contributed by atoms with Gasteiger partial charge in [0.25, 0.3) is 0 Å². The van der Waals surface area contributed by atoms with Gasteiger partial charge in [-0.2, -0.15) is 0 Å². The highest BCUT2D eigenvalue weighted by Crippen LogP contribution is 2.51. The van der Waals surface area contributed by atoms with Gasteiger partial charge in [0.2, 0.25) is 0 Å². The van der Waals surface area contributed by atoms with Gasteiger partial charge in [0.1, 0.15) is 0 Å². The zero-order valence-corrected chi connectivity index (χ0v) is 27.1. The first-order valence-electron chi connectivity index (χ1n) is 12.9. The molecule has 0 saturated heterocycles. The summed E-state index contributed by atoms with van der Waals surface area (Å²) < 4.78 is 2.32. The zero-order valence-electron chi connectivity index (χ0n) is 23.1. The van der Waals surface area contributed by atoms with Crippen LogP contribution in [0.4, 0.5) is 0 Å². The first kappa shape index (κ1) is 28.2. The molecule has 0 unspecified atom stereocenters. The maximum atomic E-state index is 3.59. The van der Waals surface area contributed by atoms with E-state index >= 15 is 0 Å². The lowest BCUT2D eigenvalue weighted by atomic mass is 9.82. The van der Waals surface area contributed by atoms with Crippen LogP contribution >= 0.6 is 43.6 Å². The Kier molecular flexibility index (Phi) is 8.19.